The number of amides is 2. The van der Waals surface area contributed by atoms with Gasteiger partial charge in [-0.05, 0) is 84.6 Å². The molecule has 0 aliphatic carbocycles. The van der Waals surface area contributed by atoms with Gasteiger partial charge in [-0.3, -0.25) is 9.59 Å². The topological polar surface area (TPSA) is 186 Å². The number of esters is 1. The molecular weight excluding hydrogens is 642 g/mol. The van der Waals surface area contributed by atoms with Crippen LogP contribution in [0, 0.1) is 0 Å². The summed E-state index contributed by atoms with van der Waals surface area (Å²) < 4.78 is 44.4. The number of unbranched alkanes of at least 4 members (excludes halogenated alkanes) is 1. The summed E-state index contributed by atoms with van der Waals surface area (Å²) in [5.41, 5.74) is -0.776. The summed E-state index contributed by atoms with van der Waals surface area (Å²) in [5.74, 6) is -1.74. The number of alkyl carbamates (subject to hydrolysis) is 1. The minimum atomic E-state index is -4.04. The smallest absolute Gasteiger partial charge is 0.408 e. The average molecular weight is 690 g/mol. The highest BCUT2D eigenvalue weighted by Crippen LogP contribution is 2.28. The van der Waals surface area contributed by atoms with Gasteiger partial charge in [-0.1, -0.05) is 30.3 Å². The Morgan fingerprint density at radius 3 is 2.17 bits per heavy atom. The molecule has 2 aromatic rings. The predicted molar refractivity (Wildman–Crippen MR) is 181 cm³/mol. The van der Waals surface area contributed by atoms with Crippen molar-refractivity contribution >= 4 is 38.7 Å². The van der Waals surface area contributed by atoms with E-state index in [-0.39, 0.29) is 47.1 Å². The molecule has 264 valence electrons. The first-order chi connectivity index (χ1) is 22.2. The van der Waals surface area contributed by atoms with Crippen LogP contribution < -0.4 is 20.1 Å². The largest absolute Gasteiger partial charge is 0.507 e. The molecule has 2 aromatic carbocycles. The molecule has 0 aliphatic rings. The van der Waals surface area contributed by atoms with Crippen LogP contribution in [0.25, 0.3) is 4.91 Å². The van der Waals surface area contributed by atoms with Gasteiger partial charge in [-0.25, -0.2) is 22.7 Å². The fraction of sp³-hybridized carbons (Fsp3) is 0.471. The molecule has 48 heavy (non-hydrogen) atoms. The van der Waals surface area contributed by atoms with E-state index in [2.05, 4.69) is 15.4 Å². The summed E-state index contributed by atoms with van der Waals surface area (Å²) >= 11 is 0. The Kier molecular flexibility index (Phi) is 14.2. The number of hydrogen-bond donors (Lipinski definition) is 4. The number of nitrogens with one attached hydrogen (secondary N) is 3. The molecule has 0 heterocycles. The molecule has 2 rings (SSSR count). The maximum absolute atomic E-state index is 13.2. The van der Waals surface area contributed by atoms with Crippen molar-refractivity contribution in [1.82, 2.24) is 15.4 Å². The lowest BCUT2D eigenvalue weighted by atomic mass is 10.0. The first kappa shape index (κ1) is 39.7. The lowest BCUT2D eigenvalue weighted by molar-refractivity contribution is -0.123. The lowest BCUT2D eigenvalue weighted by Crippen LogP contribution is -2.49. The number of benzene rings is 2. The van der Waals surface area contributed by atoms with E-state index < -0.39 is 51.0 Å². The zero-order valence-corrected chi connectivity index (χ0v) is 29.6. The normalized spacial score (nSPS) is 12.9. The fourth-order valence-corrected chi connectivity index (χ4v) is 6.03. The summed E-state index contributed by atoms with van der Waals surface area (Å²) in [5, 5.41) is 15.4. The van der Waals surface area contributed by atoms with E-state index in [9.17, 15) is 32.7 Å². The molecule has 4 N–H and O–H groups in total. The first-order valence-corrected chi connectivity index (χ1v) is 16.9. The van der Waals surface area contributed by atoms with E-state index in [1.54, 1.807) is 53.7 Å². The quantitative estimate of drug-likeness (QED) is 0.120. The van der Waals surface area contributed by atoms with Crippen LogP contribution in [0.4, 0.5) is 4.79 Å². The molecule has 0 saturated heterocycles. The van der Waals surface area contributed by atoms with E-state index in [1.165, 1.54) is 44.4 Å². The first-order valence-electron chi connectivity index (χ1n) is 15.4. The number of phenolic OH excluding ortho intramolecular Hbond substituents is 1. The molecule has 1 atom stereocenters. The number of hydrogen-bond acceptors (Lipinski definition) is 10. The van der Waals surface area contributed by atoms with Gasteiger partial charge in [-0.15, -0.1) is 0 Å². The molecule has 0 radical (unpaired) electrons. The minimum Gasteiger partial charge on any atom is -0.507 e. The predicted octanol–water partition coefficient (Wildman–Crippen LogP) is 4.24. The Morgan fingerprint density at radius 2 is 1.60 bits per heavy atom. The van der Waals surface area contributed by atoms with Crippen LogP contribution in [0.3, 0.4) is 0 Å². The number of phenols is 1. The molecule has 14 heteroatoms. The second kappa shape index (κ2) is 17.1. The zero-order valence-electron chi connectivity index (χ0n) is 28.8. The van der Waals surface area contributed by atoms with Crippen molar-refractivity contribution < 1.29 is 46.9 Å². The third kappa shape index (κ3) is 13.4. The van der Waals surface area contributed by atoms with E-state index in [0.717, 1.165) is 6.08 Å². The molecular formula is C34H47N3O10S. The number of ether oxygens (including phenoxy) is 3. The van der Waals surface area contributed by atoms with Crippen molar-refractivity contribution in [3.05, 3.63) is 65.2 Å². The standard InChI is InChI=1S/C34H47N3O10S/c1-22(38)20-28(48(43,44)37-33(2,3)4)24-16-14-23(15-17-24)21-25(36-32(42)47-34(5,6)7)30(40)35-18-9-10-19-46-27-13-11-12-26(39)29(27)31(41)45-8/h11-17,20,25,37,39H,9-10,18-19,21H2,1-8H3,(H,35,40)(H,36,42)/b28-20-/t25-/m0/s1. The number of carbonyl (C=O) groups is 4. The maximum Gasteiger partial charge on any atom is 0.408 e. The summed E-state index contributed by atoms with van der Waals surface area (Å²) in [6.07, 6.45) is 1.31. The molecule has 0 aromatic heterocycles. The number of ketones is 1. The van der Waals surface area contributed by atoms with E-state index in [4.69, 9.17) is 14.2 Å². The third-order valence-corrected chi connectivity index (χ3v) is 8.09. The van der Waals surface area contributed by atoms with E-state index in [1.807, 2.05) is 0 Å². The number of rotatable bonds is 15. The van der Waals surface area contributed by atoms with Crippen molar-refractivity contribution in [3.8, 4) is 11.5 Å². The van der Waals surface area contributed by atoms with Gasteiger partial charge in [0.05, 0.1) is 18.6 Å². The molecule has 0 fully saturated rings. The summed E-state index contributed by atoms with van der Waals surface area (Å²) in [6.45, 7) is 11.9. The minimum absolute atomic E-state index is 0.0566. The Balaban J connectivity index is 2.13. The van der Waals surface area contributed by atoms with Crippen molar-refractivity contribution in [3.63, 3.8) is 0 Å². The van der Waals surface area contributed by atoms with Gasteiger partial charge in [0.1, 0.15) is 28.7 Å². The second-order valence-electron chi connectivity index (χ2n) is 13.1. The van der Waals surface area contributed by atoms with Gasteiger partial charge >= 0.3 is 12.1 Å². The highest BCUT2D eigenvalue weighted by atomic mass is 32.2. The monoisotopic (exact) mass is 689 g/mol. The van der Waals surface area contributed by atoms with Gasteiger partial charge in [0.25, 0.3) is 0 Å². The number of methoxy groups -OCH3 is 1. The van der Waals surface area contributed by atoms with Crippen LogP contribution in [0.2, 0.25) is 0 Å². The number of carbonyl (C=O) groups excluding carboxylic acids is 4. The summed E-state index contributed by atoms with van der Waals surface area (Å²) in [6, 6.07) is 9.70. The maximum atomic E-state index is 13.2. The Morgan fingerprint density at radius 1 is 0.958 bits per heavy atom. The number of aromatic hydroxyl groups is 1. The molecule has 13 nitrogen and oxygen atoms in total. The third-order valence-electron chi connectivity index (χ3n) is 6.27. The van der Waals surface area contributed by atoms with Crippen molar-refractivity contribution in [1.29, 1.82) is 0 Å². The summed E-state index contributed by atoms with van der Waals surface area (Å²) in [4.78, 5) is 49.5. The zero-order chi connectivity index (χ0) is 36.3. The molecule has 0 unspecified atom stereocenters. The Bertz CT molecular complexity index is 1590. The van der Waals surface area contributed by atoms with Gasteiger partial charge in [0.15, 0.2) is 5.78 Å². The Hall–Kier alpha value is -4.43. The van der Waals surface area contributed by atoms with Crippen molar-refractivity contribution in [2.24, 2.45) is 0 Å². The van der Waals surface area contributed by atoms with Gasteiger partial charge in [-0.2, -0.15) is 0 Å². The average Bonchev–Trinajstić information content (AvgIpc) is 2.95. The van der Waals surface area contributed by atoms with Crippen LogP contribution in [-0.4, -0.2) is 74.7 Å². The molecule has 2 amide bonds. The molecule has 0 spiro atoms. The second-order valence-corrected chi connectivity index (χ2v) is 14.7. The van der Waals surface area contributed by atoms with Crippen LogP contribution in [0.15, 0.2) is 48.5 Å². The SMILES string of the molecule is COC(=O)c1c(O)cccc1OCCCCNC(=O)[C@H](Cc1ccc(/C(=C/C(C)=O)S(=O)(=O)NC(C)(C)C)cc1)NC(=O)OC(C)(C)C. The Labute approximate surface area is 282 Å². The summed E-state index contributed by atoms with van der Waals surface area (Å²) in [7, 11) is -2.84. The van der Waals surface area contributed by atoms with Crippen LogP contribution in [-0.2, 0) is 35.5 Å². The lowest BCUT2D eigenvalue weighted by Gasteiger charge is -2.24. The number of allylic oxidation sites excluding steroid dienone is 1. The van der Waals surface area contributed by atoms with Gasteiger partial charge in [0, 0.05) is 24.6 Å². The number of sulfonamides is 1. The fourth-order valence-electron chi connectivity index (χ4n) is 4.35. The highest BCUT2D eigenvalue weighted by Gasteiger charge is 2.27. The van der Waals surface area contributed by atoms with Crippen molar-refractivity contribution in [2.45, 2.75) is 84.9 Å². The van der Waals surface area contributed by atoms with Crippen LogP contribution >= 0.6 is 0 Å². The molecule has 0 aliphatic heterocycles. The van der Waals surface area contributed by atoms with E-state index >= 15 is 0 Å². The van der Waals surface area contributed by atoms with Gasteiger partial charge < -0.3 is 30.0 Å². The molecule has 0 saturated carbocycles. The van der Waals surface area contributed by atoms with Crippen LogP contribution in [0.5, 0.6) is 11.5 Å². The molecule has 0 bridgehead atoms. The highest BCUT2D eigenvalue weighted by molar-refractivity contribution is 7.98. The van der Waals surface area contributed by atoms with E-state index in [0.29, 0.717) is 18.4 Å². The van der Waals surface area contributed by atoms with Crippen LogP contribution in [0.1, 0.15) is 82.8 Å². The van der Waals surface area contributed by atoms with Gasteiger partial charge in [0.2, 0.25) is 15.9 Å². The van der Waals surface area contributed by atoms with Crippen molar-refractivity contribution in [2.75, 3.05) is 20.3 Å².